The van der Waals surface area contributed by atoms with Crippen molar-refractivity contribution in [2.24, 2.45) is 0 Å². The average molecular weight is 290 g/mol. The molecule has 0 saturated heterocycles. The lowest BCUT2D eigenvalue weighted by atomic mass is 10.1. The third-order valence-corrected chi connectivity index (χ3v) is 3.02. The van der Waals surface area contributed by atoms with E-state index < -0.39 is 11.9 Å². The number of carbonyl (C=O) groups is 2. The number of aromatic carboxylic acids is 1. The van der Waals surface area contributed by atoms with Gasteiger partial charge in [0.1, 0.15) is 5.15 Å². The van der Waals surface area contributed by atoms with Crippen LogP contribution in [0.3, 0.4) is 0 Å². The third-order valence-electron chi connectivity index (χ3n) is 2.71. The predicted octanol–water partition coefficient (Wildman–Crippen LogP) is 1.66. The number of nitrogens with one attached hydrogen (secondary N) is 1. The van der Waals surface area contributed by atoms with Gasteiger partial charge >= 0.3 is 0 Å². The zero-order chi connectivity index (χ0) is 14.7. The summed E-state index contributed by atoms with van der Waals surface area (Å²) in [6, 6.07) is 7.45. The maximum absolute atomic E-state index is 12.0. The number of nitrogens with zero attached hydrogens (tertiary/aromatic N) is 1. The van der Waals surface area contributed by atoms with Crippen LogP contribution in [0.4, 0.5) is 5.69 Å². The van der Waals surface area contributed by atoms with Gasteiger partial charge in [-0.15, -0.1) is 0 Å². The molecule has 2 rings (SSSR count). The first kappa shape index (κ1) is 14.0. The summed E-state index contributed by atoms with van der Waals surface area (Å²) in [4.78, 5) is 26.6. The number of anilines is 1. The number of carboxylic acid groups (broad SMARTS) is 1. The number of rotatable bonds is 3. The summed E-state index contributed by atoms with van der Waals surface area (Å²) in [5, 5.41) is 13.5. The van der Waals surface area contributed by atoms with Gasteiger partial charge in [-0.2, -0.15) is 0 Å². The van der Waals surface area contributed by atoms with Crippen LogP contribution in [0.15, 0.2) is 36.5 Å². The fourth-order valence-electron chi connectivity index (χ4n) is 1.68. The number of carbonyl (C=O) groups excluding carboxylic acids is 2. The smallest absolute Gasteiger partial charge is 0.258 e. The van der Waals surface area contributed by atoms with Gasteiger partial charge in [0.05, 0.1) is 11.5 Å². The van der Waals surface area contributed by atoms with E-state index in [-0.39, 0.29) is 16.3 Å². The Kier molecular flexibility index (Phi) is 4.00. The molecule has 0 radical (unpaired) electrons. The van der Waals surface area contributed by atoms with Crippen LogP contribution in [-0.4, -0.2) is 16.9 Å². The van der Waals surface area contributed by atoms with E-state index in [0.717, 1.165) is 0 Å². The zero-order valence-electron chi connectivity index (χ0n) is 10.5. The predicted molar refractivity (Wildman–Crippen MR) is 72.7 cm³/mol. The molecule has 2 aromatic rings. The summed E-state index contributed by atoms with van der Waals surface area (Å²) in [6.07, 6.45) is 1.49. The highest BCUT2D eigenvalue weighted by molar-refractivity contribution is 6.33. The lowest BCUT2D eigenvalue weighted by Crippen LogP contribution is -2.22. The maximum Gasteiger partial charge on any atom is 0.258 e. The van der Waals surface area contributed by atoms with Gasteiger partial charge in [0.25, 0.3) is 5.91 Å². The van der Waals surface area contributed by atoms with Crippen molar-refractivity contribution in [3.63, 3.8) is 0 Å². The molecule has 5 nitrogen and oxygen atoms in total. The average Bonchev–Trinajstić information content (AvgIpc) is 2.41. The number of carboxylic acids is 1. The van der Waals surface area contributed by atoms with E-state index in [9.17, 15) is 14.7 Å². The van der Waals surface area contributed by atoms with Crippen molar-refractivity contribution in [1.82, 2.24) is 4.98 Å². The Labute approximate surface area is 120 Å². The largest absolute Gasteiger partial charge is 0.545 e. The van der Waals surface area contributed by atoms with E-state index in [1.807, 2.05) is 0 Å². The second-order valence-corrected chi connectivity index (χ2v) is 4.47. The van der Waals surface area contributed by atoms with Crippen LogP contribution in [0.25, 0.3) is 0 Å². The highest BCUT2D eigenvalue weighted by Gasteiger charge is 2.12. The van der Waals surface area contributed by atoms with Crippen molar-refractivity contribution >= 4 is 29.2 Å². The number of benzene rings is 1. The minimum atomic E-state index is -1.26. The Morgan fingerprint density at radius 1 is 1.30 bits per heavy atom. The number of halogens is 1. The first-order chi connectivity index (χ1) is 9.49. The molecule has 0 aliphatic rings. The molecule has 20 heavy (non-hydrogen) atoms. The van der Waals surface area contributed by atoms with Gasteiger partial charge in [0, 0.05) is 11.9 Å². The Hall–Kier alpha value is -2.40. The van der Waals surface area contributed by atoms with Crippen LogP contribution in [0, 0.1) is 6.92 Å². The van der Waals surface area contributed by atoms with Gasteiger partial charge in [0.15, 0.2) is 0 Å². The first-order valence-corrected chi connectivity index (χ1v) is 6.10. The van der Waals surface area contributed by atoms with Gasteiger partial charge in [-0.1, -0.05) is 17.7 Å². The molecule has 1 aromatic carbocycles. The first-order valence-electron chi connectivity index (χ1n) is 5.73. The van der Waals surface area contributed by atoms with Crippen LogP contribution >= 0.6 is 11.6 Å². The third kappa shape index (κ3) is 2.95. The van der Waals surface area contributed by atoms with Crippen LogP contribution in [0.5, 0.6) is 0 Å². The van der Waals surface area contributed by atoms with E-state index in [1.54, 1.807) is 19.1 Å². The molecule has 1 amide bonds. The summed E-state index contributed by atoms with van der Waals surface area (Å²) in [5.74, 6) is -1.67. The molecule has 0 aliphatic heterocycles. The van der Waals surface area contributed by atoms with Crippen molar-refractivity contribution in [2.45, 2.75) is 6.92 Å². The number of amides is 1. The normalized spacial score (nSPS) is 10.1. The Balaban J connectivity index is 2.25. The summed E-state index contributed by atoms with van der Waals surface area (Å²) in [6.45, 7) is 1.69. The molecule has 0 fully saturated rings. The molecule has 0 unspecified atom stereocenters. The van der Waals surface area contributed by atoms with E-state index in [0.29, 0.717) is 11.3 Å². The molecule has 0 spiro atoms. The van der Waals surface area contributed by atoms with Crippen LogP contribution < -0.4 is 10.4 Å². The van der Waals surface area contributed by atoms with Crippen LogP contribution in [-0.2, 0) is 0 Å². The number of hydrogen-bond donors (Lipinski definition) is 1. The van der Waals surface area contributed by atoms with Crippen LogP contribution in [0.1, 0.15) is 26.3 Å². The fourth-order valence-corrected chi connectivity index (χ4v) is 1.88. The minimum absolute atomic E-state index is 0.0555. The van der Waals surface area contributed by atoms with Crippen molar-refractivity contribution in [1.29, 1.82) is 0 Å². The maximum atomic E-state index is 12.0. The van der Waals surface area contributed by atoms with Crippen molar-refractivity contribution in [2.75, 3.05) is 5.32 Å². The molecule has 6 heteroatoms. The highest BCUT2D eigenvalue weighted by atomic mass is 35.5. The van der Waals surface area contributed by atoms with Gasteiger partial charge in [0.2, 0.25) is 0 Å². The second kappa shape index (κ2) is 5.71. The van der Waals surface area contributed by atoms with E-state index >= 15 is 0 Å². The summed E-state index contributed by atoms with van der Waals surface area (Å²) in [7, 11) is 0. The van der Waals surface area contributed by atoms with E-state index in [1.165, 1.54) is 24.4 Å². The van der Waals surface area contributed by atoms with Gasteiger partial charge < -0.3 is 15.2 Å². The number of aryl methyl sites for hydroxylation is 1. The molecule has 0 aliphatic carbocycles. The Bertz CT molecular complexity index is 686. The zero-order valence-corrected chi connectivity index (χ0v) is 11.3. The molecule has 0 atom stereocenters. The molecule has 0 bridgehead atoms. The molecule has 102 valence electrons. The molecule has 1 aromatic heterocycles. The van der Waals surface area contributed by atoms with Crippen molar-refractivity contribution in [3.8, 4) is 0 Å². The Morgan fingerprint density at radius 2 is 2.05 bits per heavy atom. The lowest BCUT2D eigenvalue weighted by molar-refractivity contribution is -0.255. The van der Waals surface area contributed by atoms with Crippen molar-refractivity contribution in [3.05, 3.63) is 58.4 Å². The SMILES string of the molecule is Cc1cc(C(=O)[O-])ccc1NC(=O)c1cccnc1Cl. The summed E-state index contributed by atoms with van der Waals surface area (Å²) >= 11 is 5.83. The van der Waals surface area contributed by atoms with Crippen LogP contribution in [0.2, 0.25) is 5.15 Å². The minimum Gasteiger partial charge on any atom is -0.545 e. The number of aromatic nitrogens is 1. The highest BCUT2D eigenvalue weighted by Crippen LogP contribution is 2.19. The van der Waals surface area contributed by atoms with E-state index in [2.05, 4.69) is 10.3 Å². The second-order valence-electron chi connectivity index (χ2n) is 4.11. The number of pyridine rings is 1. The standard InChI is InChI=1S/C14H11ClN2O3/c1-8-7-9(14(19)20)4-5-11(8)17-13(18)10-3-2-6-16-12(10)15/h2-7H,1H3,(H,17,18)(H,19,20)/p-1. The topological polar surface area (TPSA) is 82.1 Å². The summed E-state index contributed by atoms with van der Waals surface area (Å²) < 4.78 is 0. The monoisotopic (exact) mass is 289 g/mol. The van der Waals surface area contributed by atoms with Crippen molar-refractivity contribution < 1.29 is 14.7 Å². The van der Waals surface area contributed by atoms with Gasteiger partial charge in [-0.3, -0.25) is 4.79 Å². The summed E-state index contributed by atoms with van der Waals surface area (Å²) in [5.41, 5.74) is 1.41. The van der Waals surface area contributed by atoms with Gasteiger partial charge in [-0.25, -0.2) is 4.98 Å². The molecule has 1 heterocycles. The molecular weight excluding hydrogens is 280 g/mol. The Morgan fingerprint density at radius 3 is 2.65 bits per heavy atom. The van der Waals surface area contributed by atoms with Gasteiger partial charge in [-0.05, 0) is 42.3 Å². The molecule has 1 N–H and O–H groups in total. The fraction of sp³-hybridized carbons (Fsp3) is 0.0714. The lowest BCUT2D eigenvalue weighted by Gasteiger charge is -2.11. The molecule has 0 saturated carbocycles. The van der Waals surface area contributed by atoms with E-state index in [4.69, 9.17) is 11.6 Å². The molecular formula is C14H10ClN2O3-. The number of hydrogen-bond acceptors (Lipinski definition) is 4. The quantitative estimate of drug-likeness (QED) is 0.871.